The van der Waals surface area contributed by atoms with Gasteiger partial charge in [0.1, 0.15) is 11.5 Å². The second-order valence-electron chi connectivity index (χ2n) is 5.85. The van der Waals surface area contributed by atoms with E-state index in [1.54, 1.807) is 18.1 Å². The molecule has 0 heterocycles. The minimum absolute atomic E-state index is 0.0404. The molecule has 1 amide bonds. The quantitative estimate of drug-likeness (QED) is 0.630. The third kappa shape index (κ3) is 5.90. The monoisotopic (exact) mass is 386 g/mol. The lowest BCUT2D eigenvalue weighted by Crippen LogP contribution is -2.32. The smallest absolute Gasteiger partial charge is 0.227 e. The number of halogens is 1. The standard InChI is InChI=1S/C21H23ClN2O3/c1-3-27-18-9-7-17(8-10-18)24(14-4-13-23)21(25)12-6-16-5-11-20(26-2)19(22)15-16/h5,7-11,15H,3-4,6,12,14H2,1-2H3. The Morgan fingerprint density at radius 1 is 1.22 bits per heavy atom. The van der Waals surface area contributed by atoms with E-state index in [0.29, 0.717) is 36.8 Å². The molecule has 0 aromatic heterocycles. The number of rotatable bonds is 9. The van der Waals surface area contributed by atoms with Gasteiger partial charge in [0, 0.05) is 18.7 Å². The fourth-order valence-corrected chi connectivity index (χ4v) is 2.98. The summed E-state index contributed by atoms with van der Waals surface area (Å²) < 4.78 is 10.6. The zero-order chi connectivity index (χ0) is 19.6. The van der Waals surface area contributed by atoms with E-state index in [-0.39, 0.29) is 12.3 Å². The molecule has 2 rings (SSSR count). The van der Waals surface area contributed by atoms with E-state index in [2.05, 4.69) is 6.07 Å². The summed E-state index contributed by atoms with van der Waals surface area (Å²) >= 11 is 6.14. The first kappa shape index (κ1) is 20.6. The second-order valence-corrected chi connectivity index (χ2v) is 6.26. The zero-order valence-corrected chi connectivity index (χ0v) is 16.3. The maximum atomic E-state index is 12.8. The van der Waals surface area contributed by atoms with Gasteiger partial charge in [0.25, 0.3) is 0 Å². The number of benzene rings is 2. The predicted molar refractivity (Wildman–Crippen MR) is 107 cm³/mol. The fourth-order valence-electron chi connectivity index (χ4n) is 2.70. The van der Waals surface area contributed by atoms with Gasteiger partial charge in [0.15, 0.2) is 0 Å². The number of anilines is 1. The van der Waals surface area contributed by atoms with E-state index in [9.17, 15) is 4.79 Å². The number of ether oxygens (including phenoxy) is 2. The van der Waals surface area contributed by atoms with Gasteiger partial charge in [-0.05, 0) is 55.3 Å². The summed E-state index contributed by atoms with van der Waals surface area (Å²) in [4.78, 5) is 14.4. The van der Waals surface area contributed by atoms with Gasteiger partial charge in [0.05, 0.1) is 31.2 Å². The summed E-state index contributed by atoms with van der Waals surface area (Å²) in [6, 6.07) is 14.9. The maximum Gasteiger partial charge on any atom is 0.227 e. The Morgan fingerprint density at radius 3 is 2.56 bits per heavy atom. The van der Waals surface area contributed by atoms with Crippen LogP contribution in [0.3, 0.4) is 0 Å². The summed E-state index contributed by atoms with van der Waals surface area (Å²) in [5.74, 6) is 1.32. The lowest BCUT2D eigenvalue weighted by atomic mass is 10.1. The van der Waals surface area contributed by atoms with Crippen LogP contribution in [0.5, 0.6) is 11.5 Å². The van der Waals surface area contributed by atoms with Gasteiger partial charge in [-0.15, -0.1) is 0 Å². The second kappa shape index (κ2) is 10.4. The third-order valence-electron chi connectivity index (χ3n) is 4.05. The molecule has 0 saturated heterocycles. The summed E-state index contributed by atoms with van der Waals surface area (Å²) in [6.45, 7) is 2.86. The highest BCUT2D eigenvalue weighted by Crippen LogP contribution is 2.26. The van der Waals surface area contributed by atoms with Crippen LogP contribution >= 0.6 is 11.6 Å². The Labute approximate surface area is 165 Å². The number of nitrogens with zero attached hydrogens (tertiary/aromatic N) is 2. The lowest BCUT2D eigenvalue weighted by Gasteiger charge is -2.22. The molecule has 0 N–H and O–H groups in total. The predicted octanol–water partition coefficient (Wildman–Crippen LogP) is 4.63. The molecule has 27 heavy (non-hydrogen) atoms. The molecule has 0 atom stereocenters. The van der Waals surface area contributed by atoms with Gasteiger partial charge < -0.3 is 14.4 Å². The van der Waals surface area contributed by atoms with Crippen LogP contribution in [-0.4, -0.2) is 26.2 Å². The van der Waals surface area contributed by atoms with Crippen molar-refractivity contribution < 1.29 is 14.3 Å². The number of nitriles is 1. The molecule has 0 fully saturated rings. The van der Waals surface area contributed by atoms with Crippen molar-refractivity contribution in [2.24, 2.45) is 0 Å². The van der Waals surface area contributed by atoms with Crippen molar-refractivity contribution in [3.05, 3.63) is 53.1 Å². The van der Waals surface area contributed by atoms with Crippen molar-refractivity contribution in [1.29, 1.82) is 5.26 Å². The summed E-state index contributed by atoms with van der Waals surface area (Å²) in [5.41, 5.74) is 1.72. The molecule has 0 saturated carbocycles. The van der Waals surface area contributed by atoms with Crippen LogP contribution < -0.4 is 14.4 Å². The Bertz CT molecular complexity index is 800. The molecule has 0 aliphatic carbocycles. The molecule has 0 bridgehead atoms. The summed E-state index contributed by atoms with van der Waals surface area (Å²) in [7, 11) is 1.56. The number of amides is 1. The number of carbonyl (C=O) groups is 1. The minimum atomic E-state index is -0.0404. The van der Waals surface area contributed by atoms with E-state index in [4.69, 9.17) is 26.3 Å². The van der Waals surface area contributed by atoms with Gasteiger partial charge in [-0.1, -0.05) is 17.7 Å². The van der Waals surface area contributed by atoms with Crippen LogP contribution in [0, 0.1) is 11.3 Å². The van der Waals surface area contributed by atoms with Crippen LogP contribution in [0.15, 0.2) is 42.5 Å². The van der Waals surface area contributed by atoms with Crippen molar-refractivity contribution in [1.82, 2.24) is 0 Å². The number of carbonyl (C=O) groups excluding carboxylic acids is 1. The number of methoxy groups -OCH3 is 1. The first-order valence-corrected chi connectivity index (χ1v) is 9.19. The fraction of sp³-hybridized carbons (Fsp3) is 0.333. The van der Waals surface area contributed by atoms with Crippen LogP contribution in [0.1, 0.15) is 25.3 Å². The normalized spacial score (nSPS) is 10.1. The molecule has 0 spiro atoms. The molecule has 5 nitrogen and oxygen atoms in total. The van der Waals surface area contributed by atoms with Crippen molar-refractivity contribution in [3.63, 3.8) is 0 Å². The van der Waals surface area contributed by atoms with Crippen molar-refractivity contribution in [2.45, 2.75) is 26.2 Å². The Kier molecular flexibility index (Phi) is 7.97. The minimum Gasteiger partial charge on any atom is -0.495 e. The number of hydrogen-bond donors (Lipinski definition) is 0. The first-order chi connectivity index (χ1) is 13.1. The lowest BCUT2D eigenvalue weighted by molar-refractivity contribution is -0.118. The van der Waals surface area contributed by atoms with Crippen LogP contribution in [0.2, 0.25) is 5.02 Å². The van der Waals surface area contributed by atoms with Gasteiger partial charge >= 0.3 is 0 Å². The third-order valence-corrected chi connectivity index (χ3v) is 4.35. The van der Waals surface area contributed by atoms with Gasteiger partial charge in [-0.3, -0.25) is 4.79 Å². The maximum absolute atomic E-state index is 12.8. The topological polar surface area (TPSA) is 62.6 Å². The molecule has 0 aliphatic rings. The average Bonchev–Trinajstić information content (AvgIpc) is 2.68. The molecule has 6 heteroatoms. The Balaban J connectivity index is 2.07. The SMILES string of the molecule is CCOc1ccc(N(CCC#N)C(=O)CCc2ccc(OC)c(Cl)c2)cc1. The number of aryl methyl sites for hydroxylation is 1. The van der Waals surface area contributed by atoms with Gasteiger partial charge in [-0.2, -0.15) is 5.26 Å². The van der Waals surface area contributed by atoms with E-state index < -0.39 is 0 Å². The molecule has 2 aromatic carbocycles. The van der Waals surface area contributed by atoms with Crippen molar-refractivity contribution in [3.8, 4) is 17.6 Å². The summed E-state index contributed by atoms with van der Waals surface area (Å²) in [6.07, 6.45) is 1.15. The van der Waals surface area contributed by atoms with E-state index in [1.807, 2.05) is 43.3 Å². The zero-order valence-electron chi connectivity index (χ0n) is 15.6. The van der Waals surface area contributed by atoms with E-state index in [1.165, 1.54) is 0 Å². The van der Waals surface area contributed by atoms with Crippen molar-refractivity contribution in [2.75, 3.05) is 25.2 Å². The first-order valence-electron chi connectivity index (χ1n) is 8.81. The molecule has 0 aliphatic heterocycles. The molecule has 0 radical (unpaired) electrons. The summed E-state index contributed by atoms with van der Waals surface area (Å²) in [5, 5.41) is 9.43. The molecule has 142 valence electrons. The van der Waals surface area contributed by atoms with Crippen molar-refractivity contribution >= 4 is 23.2 Å². The van der Waals surface area contributed by atoms with Gasteiger partial charge in [0.2, 0.25) is 5.91 Å². The Morgan fingerprint density at radius 2 is 1.96 bits per heavy atom. The molecular weight excluding hydrogens is 364 g/mol. The molecular formula is C21H23ClN2O3. The highest BCUT2D eigenvalue weighted by molar-refractivity contribution is 6.32. The van der Waals surface area contributed by atoms with E-state index in [0.717, 1.165) is 17.0 Å². The highest BCUT2D eigenvalue weighted by Gasteiger charge is 2.16. The van der Waals surface area contributed by atoms with Crippen LogP contribution in [-0.2, 0) is 11.2 Å². The largest absolute Gasteiger partial charge is 0.495 e. The van der Waals surface area contributed by atoms with E-state index >= 15 is 0 Å². The van der Waals surface area contributed by atoms with Gasteiger partial charge in [-0.25, -0.2) is 0 Å². The van der Waals surface area contributed by atoms with Crippen LogP contribution in [0.4, 0.5) is 5.69 Å². The van der Waals surface area contributed by atoms with Crippen LogP contribution in [0.25, 0.3) is 0 Å². The average molecular weight is 387 g/mol. The molecule has 2 aromatic rings. The number of hydrogen-bond acceptors (Lipinski definition) is 4. The highest BCUT2D eigenvalue weighted by atomic mass is 35.5. The Hall–Kier alpha value is -2.71. The molecule has 0 unspecified atom stereocenters.